The molecule has 1 amide bonds. The van der Waals surface area contributed by atoms with Gasteiger partial charge < -0.3 is 10.1 Å². The summed E-state index contributed by atoms with van der Waals surface area (Å²) in [5.74, 6) is -0.0609. The van der Waals surface area contributed by atoms with Crippen LogP contribution >= 0.6 is 0 Å². The van der Waals surface area contributed by atoms with Gasteiger partial charge in [0.15, 0.2) is 5.82 Å². The number of aromatic nitrogens is 2. The van der Waals surface area contributed by atoms with E-state index in [1.165, 1.54) is 22.9 Å². The molecule has 5 nitrogen and oxygen atoms in total. The minimum atomic E-state index is -4.78. The summed E-state index contributed by atoms with van der Waals surface area (Å²) in [6, 6.07) is 14.6. The van der Waals surface area contributed by atoms with Crippen molar-refractivity contribution in [2.24, 2.45) is 0 Å². The standard InChI is InChI=1S/C18H14F3N3O2/c1-12-5-7-14(8-6-12)24-16(10-17(23-24)22-11-25)13-3-2-4-15(9-13)26-18(19,20)21/h2-11H,1H3,(H,22,23,25). The molecule has 2 aromatic carbocycles. The van der Waals surface area contributed by atoms with Gasteiger partial charge in [-0.05, 0) is 31.2 Å². The molecule has 0 aliphatic carbocycles. The van der Waals surface area contributed by atoms with Gasteiger partial charge in [-0.1, -0.05) is 29.8 Å². The molecule has 3 aromatic rings. The van der Waals surface area contributed by atoms with Gasteiger partial charge in [-0.2, -0.15) is 0 Å². The number of carbonyl (C=O) groups is 1. The van der Waals surface area contributed by atoms with Crippen molar-refractivity contribution in [1.29, 1.82) is 0 Å². The van der Waals surface area contributed by atoms with Crippen molar-refractivity contribution in [3.8, 4) is 22.7 Å². The van der Waals surface area contributed by atoms with Crippen LogP contribution in [-0.2, 0) is 4.79 Å². The zero-order valence-electron chi connectivity index (χ0n) is 13.6. The summed E-state index contributed by atoms with van der Waals surface area (Å²) in [5, 5.41) is 6.74. The van der Waals surface area contributed by atoms with Gasteiger partial charge in [-0.3, -0.25) is 4.79 Å². The number of ether oxygens (including phenoxy) is 1. The van der Waals surface area contributed by atoms with Crippen LogP contribution in [0.5, 0.6) is 5.75 Å². The van der Waals surface area contributed by atoms with E-state index in [2.05, 4.69) is 15.2 Å². The molecule has 0 fully saturated rings. The number of carbonyl (C=O) groups excluding carboxylic acids is 1. The minimum absolute atomic E-state index is 0.276. The van der Waals surface area contributed by atoms with E-state index in [1.54, 1.807) is 12.1 Å². The summed E-state index contributed by atoms with van der Waals surface area (Å²) in [6.45, 7) is 1.94. The van der Waals surface area contributed by atoms with Crippen LogP contribution in [0.4, 0.5) is 19.0 Å². The van der Waals surface area contributed by atoms with Crippen LogP contribution in [0.1, 0.15) is 5.56 Å². The summed E-state index contributed by atoms with van der Waals surface area (Å²) in [5.41, 5.74) is 2.71. The van der Waals surface area contributed by atoms with Crippen LogP contribution in [0.15, 0.2) is 54.6 Å². The van der Waals surface area contributed by atoms with E-state index in [1.807, 2.05) is 31.2 Å². The second kappa shape index (κ2) is 6.91. The average molecular weight is 361 g/mol. The molecule has 0 saturated heterocycles. The van der Waals surface area contributed by atoms with Gasteiger partial charge in [-0.15, -0.1) is 18.3 Å². The number of amides is 1. The Balaban J connectivity index is 2.07. The normalized spacial score (nSPS) is 11.2. The largest absolute Gasteiger partial charge is 0.573 e. The van der Waals surface area contributed by atoms with Crippen molar-refractivity contribution in [2.75, 3.05) is 5.32 Å². The summed E-state index contributed by atoms with van der Waals surface area (Å²) in [7, 11) is 0. The molecule has 1 aromatic heterocycles. The van der Waals surface area contributed by atoms with Crippen molar-refractivity contribution < 1.29 is 22.7 Å². The predicted octanol–water partition coefficient (Wildman–Crippen LogP) is 4.31. The Kier molecular flexibility index (Phi) is 4.66. The molecule has 8 heteroatoms. The van der Waals surface area contributed by atoms with Crippen molar-refractivity contribution >= 4 is 12.2 Å². The van der Waals surface area contributed by atoms with E-state index in [0.717, 1.165) is 5.56 Å². The molecule has 26 heavy (non-hydrogen) atoms. The maximum Gasteiger partial charge on any atom is 0.573 e. The lowest BCUT2D eigenvalue weighted by Gasteiger charge is -2.11. The van der Waals surface area contributed by atoms with E-state index in [0.29, 0.717) is 23.4 Å². The number of benzene rings is 2. The molecule has 0 bridgehead atoms. The molecule has 1 N–H and O–H groups in total. The second-order valence-corrected chi connectivity index (χ2v) is 5.50. The third-order valence-corrected chi connectivity index (χ3v) is 3.56. The highest BCUT2D eigenvalue weighted by Crippen LogP contribution is 2.30. The number of alkyl halides is 3. The quantitative estimate of drug-likeness (QED) is 0.689. The molecule has 0 saturated carbocycles. The third kappa shape index (κ3) is 4.02. The number of hydrogen-bond donors (Lipinski definition) is 1. The molecular weight excluding hydrogens is 347 g/mol. The van der Waals surface area contributed by atoms with Gasteiger partial charge in [0.05, 0.1) is 11.4 Å². The van der Waals surface area contributed by atoms with Crippen LogP contribution in [0.3, 0.4) is 0 Å². The van der Waals surface area contributed by atoms with E-state index in [-0.39, 0.29) is 11.6 Å². The second-order valence-electron chi connectivity index (χ2n) is 5.50. The number of nitrogens with one attached hydrogen (secondary N) is 1. The van der Waals surface area contributed by atoms with Crippen LogP contribution in [-0.4, -0.2) is 22.6 Å². The summed E-state index contributed by atoms with van der Waals surface area (Å²) < 4.78 is 42.9. The first-order chi connectivity index (χ1) is 12.4. The monoisotopic (exact) mass is 361 g/mol. The zero-order chi connectivity index (χ0) is 18.7. The Morgan fingerprint density at radius 3 is 2.50 bits per heavy atom. The van der Waals surface area contributed by atoms with Crippen molar-refractivity contribution in [3.63, 3.8) is 0 Å². The highest BCUT2D eigenvalue weighted by Gasteiger charge is 2.31. The Morgan fingerprint density at radius 1 is 1.12 bits per heavy atom. The Morgan fingerprint density at radius 2 is 1.85 bits per heavy atom. The molecule has 1 heterocycles. The van der Waals surface area contributed by atoms with Gasteiger partial charge in [0.2, 0.25) is 6.41 Å². The number of halogens is 3. The van der Waals surface area contributed by atoms with Crippen molar-refractivity contribution in [1.82, 2.24) is 9.78 Å². The lowest BCUT2D eigenvalue weighted by Crippen LogP contribution is -2.17. The SMILES string of the molecule is Cc1ccc(-n2nc(NC=O)cc2-c2cccc(OC(F)(F)F)c2)cc1. The van der Waals surface area contributed by atoms with Crippen LogP contribution in [0.2, 0.25) is 0 Å². The number of rotatable bonds is 5. The first-order valence-corrected chi connectivity index (χ1v) is 7.59. The topological polar surface area (TPSA) is 56.2 Å². The summed E-state index contributed by atoms with van der Waals surface area (Å²) in [4.78, 5) is 10.7. The van der Waals surface area contributed by atoms with Gasteiger partial charge in [-0.25, -0.2) is 4.68 Å². The Labute approximate surface area is 147 Å². The van der Waals surface area contributed by atoms with E-state index < -0.39 is 6.36 Å². The summed E-state index contributed by atoms with van der Waals surface area (Å²) in [6.07, 6.45) is -4.30. The molecule has 0 spiro atoms. The summed E-state index contributed by atoms with van der Waals surface area (Å²) >= 11 is 0. The maximum atomic E-state index is 12.5. The first kappa shape index (κ1) is 17.5. The van der Waals surface area contributed by atoms with Crippen LogP contribution < -0.4 is 10.1 Å². The molecule has 134 valence electrons. The fourth-order valence-corrected chi connectivity index (χ4v) is 2.45. The zero-order valence-corrected chi connectivity index (χ0v) is 13.6. The average Bonchev–Trinajstić information content (AvgIpc) is 2.98. The third-order valence-electron chi connectivity index (χ3n) is 3.56. The van der Waals surface area contributed by atoms with Gasteiger partial charge in [0, 0.05) is 11.6 Å². The predicted molar refractivity (Wildman–Crippen MR) is 90.1 cm³/mol. The smallest absolute Gasteiger partial charge is 0.406 e. The van der Waals surface area contributed by atoms with E-state index in [4.69, 9.17) is 0 Å². The number of nitrogens with zero attached hydrogens (tertiary/aromatic N) is 2. The van der Waals surface area contributed by atoms with E-state index >= 15 is 0 Å². The van der Waals surface area contributed by atoms with Gasteiger partial charge in [0.1, 0.15) is 5.75 Å². The lowest BCUT2D eigenvalue weighted by atomic mass is 10.1. The van der Waals surface area contributed by atoms with Crippen molar-refractivity contribution in [3.05, 3.63) is 60.2 Å². The highest BCUT2D eigenvalue weighted by molar-refractivity contribution is 5.74. The molecule has 0 unspecified atom stereocenters. The number of anilines is 1. The minimum Gasteiger partial charge on any atom is -0.406 e. The lowest BCUT2D eigenvalue weighted by molar-refractivity contribution is -0.274. The Hall–Kier alpha value is -3.29. The number of aryl methyl sites for hydroxylation is 1. The van der Waals surface area contributed by atoms with Crippen LogP contribution in [0, 0.1) is 6.92 Å². The van der Waals surface area contributed by atoms with Gasteiger partial charge in [0.25, 0.3) is 0 Å². The fraction of sp³-hybridized carbons (Fsp3) is 0.111. The molecular formula is C18H14F3N3O2. The molecule has 0 aliphatic rings. The molecule has 0 radical (unpaired) electrons. The molecule has 0 aliphatic heterocycles. The Bertz CT molecular complexity index is 918. The van der Waals surface area contributed by atoms with E-state index in [9.17, 15) is 18.0 Å². The van der Waals surface area contributed by atoms with Crippen molar-refractivity contribution in [2.45, 2.75) is 13.3 Å². The van der Waals surface area contributed by atoms with Crippen LogP contribution in [0.25, 0.3) is 16.9 Å². The molecule has 3 rings (SSSR count). The number of hydrogen-bond acceptors (Lipinski definition) is 3. The first-order valence-electron chi connectivity index (χ1n) is 7.59. The molecule has 0 atom stereocenters. The van der Waals surface area contributed by atoms with Gasteiger partial charge >= 0.3 is 6.36 Å². The fourth-order valence-electron chi connectivity index (χ4n) is 2.45. The maximum absolute atomic E-state index is 12.5. The highest BCUT2D eigenvalue weighted by atomic mass is 19.4.